The van der Waals surface area contributed by atoms with Crippen molar-refractivity contribution in [2.45, 2.75) is 57.9 Å². The Labute approximate surface area is 123 Å². The molecule has 4 nitrogen and oxygen atoms in total. The van der Waals surface area contributed by atoms with Gasteiger partial charge in [-0.3, -0.25) is 9.69 Å². The predicted octanol–water partition coefficient (Wildman–Crippen LogP) is 1.87. The predicted molar refractivity (Wildman–Crippen MR) is 80.5 cm³/mol. The topological polar surface area (TPSA) is 43.8 Å². The molecule has 1 unspecified atom stereocenters. The Balaban J connectivity index is 1.84. The molecule has 0 spiro atoms. The van der Waals surface area contributed by atoms with Gasteiger partial charge in [0.2, 0.25) is 5.91 Å². The molecule has 2 fully saturated rings. The fraction of sp³-hybridized carbons (Fsp3) is 0.938. The van der Waals surface area contributed by atoms with E-state index in [1.54, 1.807) is 0 Å². The van der Waals surface area contributed by atoms with Crippen molar-refractivity contribution in [2.75, 3.05) is 33.3 Å². The number of carbonyl (C=O) groups excluding carboxylic acids is 1. The average molecular weight is 282 g/mol. The normalized spacial score (nSPS) is 29.4. The maximum atomic E-state index is 12.4. The molecule has 1 saturated carbocycles. The highest BCUT2D eigenvalue weighted by Gasteiger charge is 2.32. The Bertz CT molecular complexity index is 328. The molecule has 0 aromatic heterocycles. The number of likely N-dealkylation sites (N-methyl/N-ethyl adjacent to an activating group) is 1. The van der Waals surface area contributed by atoms with Gasteiger partial charge in [-0.25, -0.2) is 0 Å². The van der Waals surface area contributed by atoms with Gasteiger partial charge >= 0.3 is 0 Å². The summed E-state index contributed by atoms with van der Waals surface area (Å²) in [5, 5.41) is 9.49. The second-order valence-electron chi connectivity index (χ2n) is 7.08. The lowest BCUT2D eigenvalue weighted by molar-refractivity contribution is -0.134. The zero-order chi connectivity index (χ0) is 14.6. The number of rotatable bonds is 4. The summed E-state index contributed by atoms with van der Waals surface area (Å²) in [6, 6.07) is 0.449. The van der Waals surface area contributed by atoms with Crippen molar-refractivity contribution in [1.82, 2.24) is 9.80 Å². The fourth-order valence-electron chi connectivity index (χ4n) is 3.67. The van der Waals surface area contributed by atoms with Crippen LogP contribution < -0.4 is 0 Å². The lowest BCUT2D eigenvalue weighted by Crippen LogP contribution is -2.49. The first kappa shape index (κ1) is 15.8. The number of hydrogen-bond donors (Lipinski definition) is 1. The van der Waals surface area contributed by atoms with E-state index in [2.05, 4.69) is 11.8 Å². The Hall–Kier alpha value is -0.610. The molecule has 1 atom stereocenters. The Morgan fingerprint density at radius 2 is 2.00 bits per heavy atom. The highest BCUT2D eigenvalue weighted by molar-refractivity contribution is 5.78. The number of aliphatic hydroxyl groups excluding tert-OH is 1. The maximum absolute atomic E-state index is 12.4. The van der Waals surface area contributed by atoms with Crippen molar-refractivity contribution in [1.29, 1.82) is 0 Å². The van der Waals surface area contributed by atoms with Crippen molar-refractivity contribution < 1.29 is 9.90 Å². The van der Waals surface area contributed by atoms with Crippen LogP contribution in [0.15, 0.2) is 0 Å². The largest absolute Gasteiger partial charge is 0.396 e. The zero-order valence-electron chi connectivity index (χ0n) is 13.1. The summed E-state index contributed by atoms with van der Waals surface area (Å²) in [7, 11) is 1.97. The molecule has 1 aliphatic carbocycles. The zero-order valence-corrected chi connectivity index (χ0v) is 13.1. The van der Waals surface area contributed by atoms with Crippen molar-refractivity contribution in [3.05, 3.63) is 0 Å². The molecule has 116 valence electrons. The van der Waals surface area contributed by atoms with E-state index in [-0.39, 0.29) is 17.9 Å². The summed E-state index contributed by atoms with van der Waals surface area (Å²) >= 11 is 0. The molecular weight excluding hydrogens is 252 g/mol. The molecule has 1 N–H and O–H groups in total. The summed E-state index contributed by atoms with van der Waals surface area (Å²) < 4.78 is 0. The average Bonchev–Trinajstić information content (AvgIpc) is 2.47. The highest BCUT2D eigenvalue weighted by atomic mass is 16.3. The molecule has 1 amide bonds. The number of hydrogen-bond acceptors (Lipinski definition) is 3. The minimum atomic E-state index is -0.0259. The number of amides is 1. The van der Waals surface area contributed by atoms with E-state index in [0.717, 1.165) is 38.8 Å². The van der Waals surface area contributed by atoms with Crippen molar-refractivity contribution in [3.8, 4) is 0 Å². The van der Waals surface area contributed by atoms with Crippen LogP contribution in [-0.2, 0) is 4.79 Å². The number of piperidine rings is 1. The van der Waals surface area contributed by atoms with Crippen LogP contribution in [0.4, 0.5) is 0 Å². The van der Waals surface area contributed by atoms with Crippen LogP contribution in [0.1, 0.15) is 51.9 Å². The molecule has 1 aliphatic heterocycles. The van der Waals surface area contributed by atoms with E-state index < -0.39 is 0 Å². The van der Waals surface area contributed by atoms with Crippen molar-refractivity contribution >= 4 is 5.91 Å². The monoisotopic (exact) mass is 282 g/mol. The minimum Gasteiger partial charge on any atom is -0.396 e. The third-order valence-electron chi connectivity index (χ3n) is 5.12. The van der Waals surface area contributed by atoms with Gasteiger partial charge in [-0.15, -0.1) is 0 Å². The maximum Gasteiger partial charge on any atom is 0.236 e. The van der Waals surface area contributed by atoms with Crippen molar-refractivity contribution in [2.24, 2.45) is 5.41 Å². The molecular formula is C16H30N2O2. The number of aliphatic hydroxyl groups is 1. The lowest BCUT2D eigenvalue weighted by Gasteiger charge is -2.40. The molecule has 20 heavy (non-hydrogen) atoms. The van der Waals surface area contributed by atoms with Gasteiger partial charge in [0.15, 0.2) is 0 Å². The first-order chi connectivity index (χ1) is 9.54. The molecule has 1 saturated heterocycles. The number of likely N-dealkylation sites (tertiary alicyclic amines) is 1. The lowest BCUT2D eigenvalue weighted by atomic mass is 9.83. The molecule has 4 heteroatoms. The number of carbonyl (C=O) groups is 1. The van der Waals surface area contributed by atoms with E-state index in [0.29, 0.717) is 12.6 Å². The van der Waals surface area contributed by atoms with Crippen LogP contribution in [0.3, 0.4) is 0 Å². The van der Waals surface area contributed by atoms with E-state index in [1.807, 2.05) is 11.9 Å². The van der Waals surface area contributed by atoms with Crippen LogP contribution >= 0.6 is 0 Å². The van der Waals surface area contributed by atoms with Crippen LogP contribution in [0.2, 0.25) is 0 Å². The van der Waals surface area contributed by atoms with Gasteiger partial charge < -0.3 is 10.0 Å². The van der Waals surface area contributed by atoms with Gasteiger partial charge in [-0.1, -0.05) is 26.2 Å². The van der Waals surface area contributed by atoms with Crippen LogP contribution in [0, 0.1) is 5.41 Å². The molecule has 0 bridgehead atoms. The van der Waals surface area contributed by atoms with Gasteiger partial charge in [0.1, 0.15) is 0 Å². The van der Waals surface area contributed by atoms with Gasteiger partial charge in [-0.2, -0.15) is 0 Å². The minimum absolute atomic E-state index is 0.0259. The van der Waals surface area contributed by atoms with Crippen LogP contribution in [0.5, 0.6) is 0 Å². The quantitative estimate of drug-likeness (QED) is 0.856. The fourth-order valence-corrected chi connectivity index (χ4v) is 3.67. The van der Waals surface area contributed by atoms with Gasteiger partial charge in [0.25, 0.3) is 0 Å². The SMILES string of the molecule is CN(C(=O)CN1CCCC(C)(CO)C1)C1CCCCC1. The highest BCUT2D eigenvalue weighted by Crippen LogP contribution is 2.29. The van der Waals surface area contributed by atoms with E-state index >= 15 is 0 Å². The molecule has 2 rings (SSSR count). The third kappa shape index (κ3) is 3.95. The summed E-state index contributed by atoms with van der Waals surface area (Å²) in [5.41, 5.74) is -0.0259. The molecule has 1 heterocycles. The van der Waals surface area contributed by atoms with Crippen LogP contribution in [0.25, 0.3) is 0 Å². The summed E-state index contributed by atoms with van der Waals surface area (Å²) in [6.07, 6.45) is 8.31. The van der Waals surface area contributed by atoms with E-state index in [1.165, 1.54) is 19.3 Å². The Kier molecular flexibility index (Phi) is 5.44. The number of nitrogens with zero attached hydrogens (tertiary/aromatic N) is 2. The summed E-state index contributed by atoms with van der Waals surface area (Å²) in [5.74, 6) is 0.249. The van der Waals surface area contributed by atoms with E-state index in [4.69, 9.17) is 0 Å². The first-order valence-electron chi connectivity index (χ1n) is 8.13. The van der Waals surface area contributed by atoms with Gasteiger partial charge in [0, 0.05) is 31.7 Å². The molecule has 0 aromatic rings. The first-order valence-corrected chi connectivity index (χ1v) is 8.13. The second kappa shape index (κ2) is 6.90. The smallest absolute Gasteiger partial charge is 0.236 e. The second-order valence-corrected chi connectivity index (χ2v) is 7.08. The molecule has 2 aliphatic rings. The van der Waals surface area contributed by atoms with Gasteiger partial charge in [-0.05, 0) is 32.2 Å². The molecule has 0 radical (unpaired) electrons. The van der Waals surface area contributed by atoms with Gasteiger partial charge in [0.05, 0.1) is 6.54 Å². The third-order valence-corrected chi connectivity index (χ3v) is 5.12. The Morgan fingerprint density at radius 1 is 1.30 bits per heavy atom. The van der Waals surface area contributed by atoms with Crippen LogP contribution in [-0.4, -0.2) is 60.1 Å². The van der Waals surface area contributed by atoms with E-state index in [9.17, 15) is 9.90 Å². The standard InChI is InChI=1S/C16H30N2O2/c1-16(13-19)9-6-10-18(12-16)11-15(20)17(2)14-7-4-3-5-8-14/h14,19H,3-13H2,1-2H3. The Morgan fingerprint density at radius 3 is 2.65 bits per heavy atom. The van der Waals surface area contributed by atoms with Crippen molar-refractivity contribution in [3.63, 3.8) is 0 Å². The summed E-state index contributed by atoms with van der Waals surface area (Å²) in [6.45, 7) is 4.68. The molecule has 0 aromatic carbocycles. The summed E-state index contributed by atoms with van der Waals surface area (Å²) in [4.78, 5) is 16.6.